The van der Waals surface area contributed by atoms with Gasteiger partial charge in [0.1, 0.15) is 5.75 Å². The van der Waals surface area contributed by atoms with E-state index in [0.29, 0.717) is 0 Å². The SMILES string of the molecule is COc1ccc(CSN2CCN([n+]3cc(=N)o[n-]3)CC2)cc1. The predicted molar refractivity (Wildman–Crippen MR) is 81.9 cm³/mol. The minimum absolute atomic E-state index is 0.0799. The molecule has 1 aliphatic heterocycles. The highest BCUT2D eigenvalue weighted by atomic mass is 32.2. The average molecular weight is 321 g/mol. The summed E-state index contributed by atoms with van der Waals surface area (Å²) >= 11 is 1.84. The van der Waals surface area contributed by atoms with Crippen molar-refractivity contribution in [3.8, 4) is 5.75 Å². The van der Waals surface area contributed by atoms with E-state index in [1.807, 2.05) is 24.1 Å². The number of methoxy groups -OCH3 is 1. The van der Waals surface area contributed by atoms with Crippen LogP contribution in [0.2, 0.25) is 0 Å². The third kappa shape index (κ3) is 3.63. The molecule has 0 atom stereocenters. The van der Waals surface area contributed by atoms with E-state index in [1.165, 1.54) is 5.56 Å². The summed E-state index contributed by atoms with van der Waals surface area (Å²) in [5, 5.41) is 13.3. The molecular weight excluding hydrogens is 302 g/mol. The molecule has 118 valence electrons. The van der Waals surface area contributed by atoms with Crippen LogP contribution in [-0.2, 0) is 5.75 Å². The van der Waals surface area contributed by atoms with Crippen molar-refractivity contribution in [2.75, 3.05) is 38.3 Å². The minimum Gasteiger partial charge on any atom is -0.497 e. The Morgan fingerprint density at radius 2 is 2.00 bits per heavy atom. The molecule has 0 saturated carbocycles. The van der Waals surface area contributed by atoms with Crippen LogP contribution in [0.4, 0.5) is 0 Å². The number of aromatic nitrogens is 2. The molecule has 1 aliphatic rings. The van der Waals surface area contributed by atoms with E-state index in [-0.39, 0.29) is 5.55 Å². The van der Waals surface area contributed by atoms with E-state index in [4.69, 9.17) is 14.7 Å². The van der Waals surface area contributed by atoms with Crippen LogP contribution in [-0.4, -0.2) is 37.6 Å². The molecule has 3 rings (SSSR count). The van der Waals surface area contributed by atoms with Gasteiger partial charge in [0.25, 0.3) is 11.8 Å². The zero-order valence-corrected chi connectivity index (χ0v) is 13.3. The van der Waals surface area contributed by atoms with Gasteiger partial charge >= 0.3 is 0 Å². The van der Waals surface area contributed by atoms with E-state index in [9.17, 15) is 0 Å². The Morgan fingerprint density at radius 3 is 2.59 bits per heavy atom. The maximum absolute atomic E-state index is 7.36. The van der Waals surface area contributed by atoms with Gasteiger partial charge in [0, 0.05) is 31.9 Å². The smallest absolute Gasteiger partial charge is 0.286 e. The maximum atomic E-state index is 7.36. The van der Waals surface area contributed by atoms with Crippen molar-refractivity contribution in [3.05, 3.63) is 41.6 Å². The average Bonchev–Trinajstić information content (AvgIpc) is 3.00. The maximum Gasteiger partial charge on any atom is 0.286 e. The third-order valence-corrected chi connectivity index (χ3v) is 4.73. The van der Waals surface area contributed by atoms with Gasteiger partial charge in [0.2, 0.25) is 0 Å². The zero-order valence-electron chi connectivity index (χ0n) is 12.4. The summed E-state index contributed by atoms with van der Waals surface area (Å²) in [5.74, 6) is 1.85. The van der Waals surface area contributed by atoms with Crippen LogP contribution in [0.3, 0.4) is 0 Å². The van der Waals surface area contributed by atoms with Crippen molar-refractivity contribution >= 4 is 11.9 Å². The van der Waals surface area contributed by atoms with Gasteiger partial charge in [-0.15, -0.1) is 0 Å². The van der Waals surface area contributed by atoms with E-state index in [1.54, 1.807) is 18.1 Å². The van der Waals surface area contributed by atoms with Gasteiger partial charge in [-0.05, 0) is 23.0 Å². The molecule has 0 unspecified atom stereocenters. The second-order valence-corrected chi connectivity index (χ2v) is 6.05. The van der Waals surface area contributed by atoms with Crippen LogP contribution in [0.15, 0.2) is 35.0 Å². The van der Waals surface area contributed by atoms with Crippen LogP contribution in [0.5, 0.6) is 5.75 Å². The highest BCUT2D eigenvalue weighted by Crippen LogP contribution is 2.20. The van der Waals surface area contributed by atoms with Crippen molar-refractivity contribution in [1.82, 2.24) is 9.58 Å². The van der Waals surface area contributed by atoms with Gasteiger partial charge in [-0.1, -0.05) is 28.9 Å². The number of hydrogen-bond acceptors (Lipinski definition) is 6. The lowest BCUT2D eigenvalue weighted by molar-refractivity contribution is -0.764. The predicted octanol–water partition coefficient (Wildman–Crippen LogP) is 0.114. The Labute approximate surface area is 133 Å². The first-order chi connectivity index (χ1) is 10.7. The molecule has 1 saturated heterocycles. The second-order valence-electron chi connectivity index (χ2n) is 4.99. The van der Waals surface area contributed by atoms with Crippen molar-refractivity contribution in [2.24, 2.45) is 0 Å². The van der Waals surface area contributed by atoms with Crippen molar-refractivity contribution in [2.45, 2.75) is 5.75 Å². The molecule has 1 fully saturated rings. The Morgan fingerprint density at radius 1 is 1.27 bits per heavy atom. The number of rotatable bonds is 5. The zero-order chi connectivity index (χ0) is 15.4. The van der Waals surface area contributed by atoms with Gasteiger partial charge in [-0.3, -0.25) is 14.7 Å². The lowest BCUT2D eigenvalue weighted by Crippen LogP contribution is -2.65. The normalized spacial score (nSPS) is 16.0. The number of ether oxygens (including phenoxy) is 1. The van der Waals surface area contributed by atoms with Gasteiger partial charge in [0.05, 0.1) is 7.11 Å². The van der Waals surface area contributed by atoms with Crippen LogP contribution in [0.25, 0.3) is 0 Å². The largest absolute Gasteiger partial charge is 0.497 e. The Hall–Kier alpha value is -1.93. The van der Waals surface area contributed by atoms with E-state index in [0.717, 1.165) is 37.7 Å². The highest BCUT2D eigenvalue weighted by Gasteiger charge is 2.18. The summed E-state index contributed by atoms with van der Waals surface area (Å²) in [4.78, 5) is 1.62. The molecule has 2 aromatic rings. The van der Waals surface area contributed by atoms with Crippen LogP contribution < -0.4 is 25.4 Å². The third-order valence-electron chi connectivity index (χ3n) is 3.53. The molecule has 0 amide bonds. The van der Waals surface area contributed by atoms with Crippen LogP contribution in [0.1, 0.15) is 5.56 Å². The van der Waals surface area contributed by atoms with E-state index >= 15 is 0 Å². The van der Waals surface area contributed by atoms with E-state index in [2.05, 4.69) is 26.7 Å². The molecule has 1 aromatic carbocycles. The summed E-state index contributed by atoms with van der Waals surface area (Å²) in [6.45, 7) is 3.64. The quantitative estimate of drug-likeness (QED) is 0.623. The first kappa shape index (κ1) is 15.0. The van der Waals surface area contributed by atoms with Gasteiger partial charge in [0.15, 0.2) is 0 Å². The second kappa shape index (κ2) is 6.89. The molecular formula is C14H19N5O2S. The first-order valence-electron chi connectivity index (χ1n) is 7.11. The highest BCUT2D eigenvalue weighted by molar-refractivity contribution is 7.96. The summed E-state index contributed by atoms with van der Waals surface area (Å²) in [6.07, 6.45) is 1.58. The fourth-order valence-electron chi connectivity index (χ4n) is 2.27. The fraction of sp³-hybridized carbons (Fsp3) is 0.429. The minimum atomic E-state index is 0.0799. The van der Waals surface area contributed by atoms with Gasteiger partial charge in [-0.2, -0.15) is 0 Å². The van der Waals surface area contributed by atoms with Gasteiger partial charge < -0.3 is 9.26 Å². The summed E-state index contributed by atoms with van der Waals surface area (Å²) in [6, 6.07) is 8.19. The standard InChI is InChI=1S/C14H19N5O2S/c1-20-13-4-2-12(3-5-13)11-22-18-8-6-17(7-9-18)19-10-14(15)21-16-19/h2-5,10,15H,6-9,11H2,1H3. The summed E-state index contributed by atoms with van der Waals surface area (Å²) in [7, 11) is 1.68. The lowest BCUT2D eigenvalue weighted by atomic mass is 10.2. The molecule has 2 heterocycles. The first-order valence-corrected chi connectivity index (χ1v) is 8.05. The molecule has 1 N–H and O–H groups in total. The topological polar surface area (TPSA) is 70.7 Å². The monoisotopic (exact) mass is 321 g/mol. The Balaban J connectivity index is 1.46. The lowest BCUT2D eigenvalue weighted by Gasteiger charge is -2.34. The Bertz CT molecular complexity index is 646. The molecule has 0 radical (unpaired) electrons. The van der Waals surface area contributed by atoms with E-state index < -0.39 is 0 Å². The summed E-state index contributed by atoms with van der Waals surface area (Å²) in [5.41, 5.74) is 1.37. The number of hydrogen-bond donors (Lipinski definition) is 1. The van der Waals surface area contributed by atoms with Crippen molar-refractivity contribution < 1.29 is 14.1 Å². The van der Waals surface area contributed by atoms with Crippen LogP contribution in [0, 0.1) is 5.41 Å². The number of piperazine rings is 1. The molecule has 7 nitrogen and oxygen atoms in total. The van der Waals surface area contributed by atoms with Crippen LogP contribution >= 0.6 is 11.9 Å². The molecule has 8 heteroatoms. The molecule has 0 bridgehead atoms. The fourth-order valence-corrected chi connectivity index (χ4v) is 3.22. The number of nitrogens with one attached hydrogen (secondary N) is 1. The molecule has 1 aromatic heterocycles. The van der Waals surface area contributed by atoms with Gasteiger partial charge in [-0.25, -0.2) is 0 Å². The molecule has 0 spiro atoms. The summed E-state index contributed by atoms with van der Waals surface area (Å²) < 4.78 is 12.3. The number of nitrogens with zero attached hydrogens (tertiary/aromatic N) is 4. The van der Waals surface area contributed by atoms with Crippen molar-refractivity contribution in [3.63, 3.8) is 0 Å². The molecule has 0 aliphatic carbocycles. The van der Waals surface area contributed by atoms with Crippen molar-refractivity contribution in [1.29, 1.82) is 5.41 Å². The Kier molecular flexibility index (Phi) is 4.69. The number of benzene rings is 1. The molecule has 22 heavy (non-hydrogen) atoms.